The van der Waals surface area contributed by atoms with E-state index >= 15 is 0 Å². The van der Waals surface area contributed by atoms with Crippen LogP contribution in [-0.2, 0) is 5.32 Å². The third-order valence-electron chi connectivity index (χ3n) is 1.85. The molecule has 0 fully saturated rings. The van der Waals surface area contributed by atoms with Crippen molar-refractivity contribution in [1.82, 2.24) is 0 Å². The Balaban J connectivity index is 2.07. The first-order chi connectivity index (χ1) is 6.43. The molecule has 0 saturated heterocycles. The molecule has 2 heteroatoms. The monoisotopic (exact) mass is 243 g/mol. The van der Waals surface area contributed by atoms with E-state index in [9.17, 15) is 0 Å². The van der Waals surface area contributed by atoms with Crippen LogP contribution in [0.2, 0.25) is 5.32 Å². The Hall–Kier alpha value is -0.301. The Bertz CT molecular complexity index is 211. The fourth-order valence-electron chi connectivity index (χ4n) is 1.11. The molecule has 2 N–H and O–H groups in total. The Kier molecular flexibility index (Phi) is 5.92. The number of hydrogen-bond donors (Lipinski definition) is 1. The van der Waals surface area contributed by atoms with Gasteiger partial charge in [-0.05, 0) is 0 Å². The first-order valence-corrected chi connectivity index (χ1v) is 7.17. The van der Waals surface area contributed by atoms with Crippen LogP contribution in [0, 0.1) is 0 Å². The molecule has 0 aliphatic heterocycles. The van der Waals surface area contributed by atoms with Crippen LogP contribution >= 0.6 is 0 Å². The fraction of sp³-hybridized carbons (Fsp3) is 0.455. The van der Waals surface area contributed by atoms with Gasteiger partial charge < -0.3 is 0 Å². The van der Waals surface area contributed by atoms with Gasteiger partial charge in [-0.2, -0.15) is 0 Å². The molecule has 1 aromatic rings. The topological polar surface area (TPSA) is 26.0 Å². The predicted octanol–water partition coefficient (Wildman–Crippen LogP) is 2.05. The molecule has 0 aromatic heterocycles. The van der Waals surface area contributed by atoms with Gasteiger partial charge in [-0.3, -0.25) is 0 Å². The van der Waals surface area contributed by atoms with Crippen molar-refractivity contribution in [3.63, 3.8) is 0 Å². The second-order valence-electron chi connectivity index (χ2n) is 3.03. The minimum atomic E-state index is 0.774. The van der Waals surface area contributed by atoms with E-state index in [-0.39, 0.29) is 0 Å². The van der Waals surface area contributed by atoms with Gasteiger partial charge in [0.2, 0.25) is 0 Å². The van der Waals surface area contributed by atoms with Crippen molar-refractivity contribution in [1.29, 1.82) is 0 Å². The van der Waals surface area contributed by atoms with E-state index in [1.165, 1.54) is 29.0 Å². The van der Waals surface area contributed by atoms with E-state index in [4.69, 9.17) is 5.73 Å². The van der Waals surface area contributed by atoms with Crippen molar-refractivity contribution in [2.24, 2.45) is 5.73 Å². The molecule has 1 aromatic carbocycles. The molecule has 0 radical (unpaired) electrons. The van der Waals surface area contributed by atoms with E-state index in [2.05, 4.69) is 30.3 Å². The zero-order valence-electron chi connectivity index (χ0n) is 7.91. The third-order valence-corrected chi connectivity index (χ3v) is 4.19. The average molecular weight is 242 g/mol. The summed E-state index contributed by atoms with van der Waals surface area (Å²) < 4.78 is 0. The van der Waals surface area contributed by atoms with E-state index in [0.29, 0.717) is 0 Å². The molecule has 1 rings (SSSR count). The Morgan fingerprint density at radius 1 is 1.08 bits per heavy atom. The maximum absolute atomic E-state index is 5.43. The molecule has 0 amide bonds. The molecule has 72 valence electrons. The summed E-state index contributed by atoms with van der Waals surface area (Å²) >= 11 is 0.774. The Labute approximate surface area is 86.9 Å². The van der Waals surface area contributed by atoms with Crippen molar-refractivity contribution < 1.29 is 0 Å². The summed E-state index contributed by atoms with van der Waals surface area (Å²) in [5.41, 5.74) is 6.91. The second-order valence-corrected chi connectivity index (χ2v) is 5.35. The van der Waals surface area contributed by atoms with E-state index < -0.39 is 0 Å². The van der Waals surface area contributed by atoms with Crippen LogP contribution in [0.25, 0.3) is 0 Å². The predicted molar refractivity (Wildman–Crippen MR) is 59.0 cm³/mol. The van der Waals surface area contributed by atoms with Gasteiger partial charge in [0.25, 0.3) is 0 Å². The van der Waals surface area contributed by atoms with Crippen molar-refractivity contribution in [2.75, 3.05) is 6.54 Å². The molecule has 0 bridgehead atoms. The normalized spacial score (nSPS) is 10.2. The van der Waals surface area contributed by atoms with Crippen molar-refractivity contribution in [3.05, 3.63) is 35.9 Å². The van der Waals surface area contributed by atoms with Crippen LogP contribution in [0.4, 0.5) is 0 Å². The molecule has 0 aliphatic rings. The SMILES string of the molecule is NCCCC[Se]Cc1ccccc1. The summed E-state index contributed by atoms with van der Waals surface area (Å²) in [7, 11) is 0. The number of nitrogens with two attached hydrogens (primary N) is 1. The van der Waals surface area contributed by atoms with Crippen LogP contribution < -0.4 is 5.73 Å². The third kappa shape index (κ3) is 5.09. The number of hydrogen-bond acceptors (Lipinski definition) is 1. The minimum absolute atomic E-state index is 0.774. The van der Waals surface area contributed by atoms with E-state index in [1.54, 1.807) is 0 Å². The number of unbranched alkanes of at least 4 members (excludes halogenated alkanes) is 1. The molecular weight excluding hydrogens is 225 g/mol. The van der Waals surface area contributed by atoms with E-state index in [1.807, 2.05) is 0 Å². The molecule has 0 unspecified atom stereocenters. The summed E-state index contributed by atoms with van der Waals surface area (Å²) in [6.45, 7) is 0.849. The van der Waals surface area contributed by atoms with Gasteiger partial charge in [0.05, 0.1) is 0 Å². The quantitative estimate of drug-likeness (QED) is 0.599. The molecular formula is C11H17NSe. The van der Waals surface area contributed by atoms with Gasteiger partial charge >= 0.3 is 86.6 Å². The zero-order chi connectivity index (χ0) is 9.36. The first kappa shape index (κ1) is 10.8. The molecule has 1 nitrogen and oxygen atoms in total. The van der Waals surface area contributed by atoms with Gasteiger partial charge in [0.15, 0.2) is 0 Å². The Morgan fingerprint density at radius 3 is 2.54 bits per heavy atom. The molecule has 0 spiro atoms. The molecule has 13 heavy (non-hydrogen) atoms. The van der Waals surface area contributed by atoms with Gasteiger partial charge in [0.1, 0.15) is 0 Å². The summed E-state index contributed by atoms with van der Waals surface area (Å²) in [6, 6.07) is 10.7. The number of rotatable bonds is 6. The summed E-state index contributed by atoms with van der Waals surface area (Å²) in [6.07, 6.45) is 2.50. The summed E-state index contributed by atoms with van der Waals surface area (Å²) in [5.74, 6) is 0. The average Bonchev–Trinajstić information content (AvgIpc) is 2.19. The van der Waals surface area contributed by atoms with Crippen LogP contribution in [0.3, 0.4) is 0 Å². The standard InChI is InChI=1S/C11H17NSe/c12-8-4-5-9-13-10-11-6-2-1-3-7-11/h1-3,6-7H,4-5,8-10,12H2. The van der Waals surface area contributed by atoms with E-state index in [0.717, 1.165) is 21.5 Å². The van der Waals surface area contributed by atoms with Crippen molar-refractivity contribution in [2.45, 2.75) is 23.5 Å². The fourth-order valence-corrected chi connectivity index (χ4v) is 3.17. The van der Waals surface area contributed by atoms with Gasteiger partial charge in [-0.1, -0.05) is 0 Å². The number of benzene rings is 1. The van der Waals surface area contributed by atoms with Crippen LogP contribution in [-0.4, -0.2) is 21.5 Å². The van der Waals surface area contributed by atoms with Crippen molar-refractivity contribution in [3.8, 4) is 0 Å². The maximum atomic E-state index is 5.43. The summed E-state index contributed by atoms with van der Waals surface area (Å²) in [5, 5.41) is 2.65. The van der Waals surface area contributed by atoms with Gasteiger partial charge in [-0.25, -0.2) is 0 Å². The van der Waals surface area contributed by atoms with Crippen LogP contribution in [0.1, 0.15) is 18.4 Å². The zero-order valence-corrected chi connectivity index (χ0v) is 9.62. The first-order valence-electron chi connectivity index (χ1n) is 4.75. The Morgan fingerprint density at radius 2 is 1.85 bits per heavy atom. The summed E-state index contributed by atoms with van der Waals surface area (Å²) in [4.78, 5) is 0. The molecule has 0 heterocycles. The van der Waals surface area contributed by atoms with Crippen LogP contribution in [0.5, 0.6) is 0 Å². The molecule has 0 aliphatic carbocycles. The second kappa shape index (κ2) is 7.14. The van der Waals surface area contributed by atoms with Crippen molar-refractivity contribution >= 4 is 15.0 Å². The van der Waals surface area contributed by atoms with Gasteiger partial charge in [0, 0.05) is 0 Å². The van der Waals surface area contributed by atoms with Gasteiger partial charge in [-0.15, -0.1) is 0 Å². The van der Waals surface area contributed by atoms with Crippen LogP contribution in [0.15, 0.2) is 30.3 Å². The molecule has 0 atom stereocenters. The molecule has 0 saturated carbocycles.